The molecule has 0 saturated heterocycles. The van der Waals surface area contributed by atoms with Crippen LogP contribution in [0.25, 0.3) is 10.2 Å². The van der Waals surface area contributed by atoms with Gasteiger partial charge < -0.3 is 5.73 Å². The van der Waals surface area contributed by atoms with Gasteiger partial charge in [-0.15, -0.1) is 22.7 Å². The number of nitrogens with two attached hydrogens (primary N) is 1. The molecule has 0 radical (unpaired) electrons. The van der Waals surface area contributed by atoms with Gasteiger partial charge in [0.2, 0.25) is 0 Å². The minimum atomic E-state index is -0.105. The topological polar surface area (TPSA) is 38.9 Å². The number of halogens is 1. The number of thiazole rings is 1. The van der Waals surface area contributed by atoms with Crippen molar-refractivity contribution in [1.29, 1.82) is 0 Å². The van der Waals surface area contributed by atoms with E-state index in [1.165, 1.54) is 4.70 Å². The van der Waals surface area contributed by atoms with Crippen molar-refractivity contribution in [3.63, 3.8) is 0 Å². The van der Waals surface area contributed by atoms with Gasteiger partial charge in [-0.3, -0.25) is 0 Å². The quantitative estimate of drug-likeness (QED) is 0.768. The van der Waals surface area contributed by atoms with Crippen molar-refractivity contribution in [2.45, 2.75) is 6.04 Å². The molecule has 0 aliphatic rings. The molecule has 17 heavy (non-hydrogen) atoms. The summed E-state index contributed by atoms with van der Waals surface area (Å²) in [5, 5.41) is 3.01. The Labute approximate surface area is 115 Å². The van der Waals surface area contributed by atoms with Gasteiger partial charge in [0, 0.05) is 9.35 Å². The van der Waals surface area contributed by atoms with Crippen LogP contribution >= 0.6 is 38.6 Å². The highest BCUT2D eigenvalue weighted by molar-refractivity contribution is 9.10. The molecule has 3 aromatic rings. The van der Waals surface area contributed by atoms with E-state index in [9.17, 15) is 0 Å². The van der Waals surface area contributed by atoms with Crippen molar-refractivity contribution in [3.05, 3.63) is 50.1 Å². The molecule has 0 amide bonds. The van der Waals surface area contributed by atoms with Crippen LogP contribution in [0.1, 0.15) is 15.9 Å². The van der Waals surface area contributed by atoms with Crippen molar-refractivity contribution >= 4 is 48.8 Å². The first-order valence-electron chi connectivity index (χ1n) is 5.09. The van der Waals surface area contributed by atoms with E-state index in [1.807, 2.05) is 23.6 Å². The van der Waals surface area contributed by atoms with Gasteiger partial charge in [0.25, 0.3) is 0 Å². The van der Waals surface area contributed by atoms with Crippen LogP contribution in [0.3, 0.4) is 0 Å². The molecule has 0 saturated carbocycles. The lowest BCUT2D eigenvalue weighted by Gasteiger charge is -2.03. The van der Waals surface area contributed by atoms with E-state index in [0.717, 1.165) is 19.9 Å². The monoisotopic (exact) mass is 324 g/mol. The van der Waals surface area contributed by atoms with Gasteiger partial charge in [0.1, 0.15) is 5.01 Å². The van der Waals surface area contributed by atoms with Gasteiger partial charge in [-0.05, 0) is 29.6 Å². The Morgan fingerprint density at radius 2 is 2.18 bits per heavy atom. The highest BCUT2D eigenvalue weighted by Gasteiger charge is 2.14. The van der Waals surface area contributed by atoms with Crippen LogP contribution in [0.5, 0.6) is 0 Å². The summed E-state index contributed by atoms with van der Waals surface area (Å²) in [6.07, 6.45) is 0. The maximum Gasteiger partial charge on any atom is 0.116 e. The van der Waals surface area contributed by atoms with Crippen LogP contribution in [0.15, 0.2) is 40.2 Å². The zero-order valence-electron chi connectivity index (χ0n) is 8.76. The molecule has 0 bridgehead atoms. The lowest BCUT2D eigenvalue weighted by Crippen LogP contribution is -2.09. The van der Waals surface area contributed by atoms with Crippen LogP contribution in [0.2, 0.25) is 0 Å². The third kappa shape index (κ3) is 2.15. The summed E-state index contributed by atoms with van der Waals surface area (Å²) < 4.78 is 2.22. The van der Waals surface area contributed by atoms with E-state index in [2.05, 4.69) is 33.0 Å². The number of aromatic nitrogens is 1. The van der Waals surface area contributed by atoms with E-state index in [0.29, 0.717) is 0 Å². The van der Waals surface area contributed by atoms with Crippen LogP contribution in [-0.4, -0.2) is 4.98 Å². The van der Waals surface area contributed by atoms with E-state index in [4.69, 9.17) is 5.73 Å². The summed E-state index contributed by atoms with van der Waals surface area (Å²) in [5.41, 5.74) is 7.22. The Hall–Kier alpha value is -0.750. The molecule has 0 fully saturated rings. The number of hydrogen-bond donors (Lipinski definition) is 1. The van der Waals surface area contributed by atoms with Crippen molar-refractivity contribution in [2.24, 2.45) is 5.73 Å². The average Bonchev–Trinajstić information content (AvgIpc) is 2.96. The van der Waals surface area contributed by atoms with E-state index < -0.39 is 0 Å². The van der Waals surface area contributed by atoms with Crippen molar-refractivity contribution in [3.8, 4) is 0 Å². The van der Waals surface area contributed by atoms with Crippen molar-refractivity contribution in [2.75, 3.05) is 0 Å². The van der Waals surface area contributed by atoms with Gasteiger partial charge in [0.05, 0.1) is 16.3 Å². The third-order valence-corrected chi connectivity index (χ3v) is 5.05. The van der Waals surface area contributed by atoms with Gasteiger partial charge in [0.15, 0.2) is 0 Å². The highest BCUT2D eigenvalue weighted by atomic mass is 79.9. The Morgan fingerprint density at radius 3 is 2.94 bits per heavy atom. The van der Waals surface area contributed by atoms with Gasteiger partial charge in [-0.2, -0.15) is 0 Å². The molecule has 1 atom stereocenters. The first-order chi connectivity index (χ1) is 8.24. The van der Waals surface area contributed by atoms with Crippen LogP contribution < -0.4 is 5.73 Å². The highest BCUT2D eigenvalue weighted by Crippen LogP contribution is 2.31. The molecule has 2 heterocycles. The smallest absolute Gasteiger partial charge is 0.116 e. The SMILES string of the molecule is NC(c1cccs1)c1nc2cc(Br)ccc2s1. The molecular formula is C12H9BrN2S2. The molecule has 0 spiro atoms. The summed E-state index contributed by atoms with van der Waals surface area (Å²) in [6.45, 7) is 0. The van der Waals surface area contributed by atoms with E-state index in [-0.39, 0.29) is 6.04 Å². The fourth-order valence-electron chi connectivity index (χ4n) is 1.64. The summed E-state index contributed by atoms with van der Waals surface area (Å²) in [4.78, 5) is 5.76. The summed E-state index contributed by atoms with van der Waals surface area (Å²) in [7, 11) is 0. The van der Waals surface area contributed by atoms with Gasteiger partial charge >= 0.3 is 0 Å². The second kappa shape index (κ2) is 4.49. The first-order valence-corrected chi connectivity index (χ1v) is 7.58. The number of fused-ring (bicyclic) bond motifs is 1. The molecule has 86 valence electrons. The Bertz CT molecular complexity index is 646. The Balaban J connectivity index is 2.06. The predicted molar refractivity (Wildman–Crippen MR) is 77.7 cm³/mol. The summed E-state index contributed by atoms with van der Waals surface area (Å²) >= 11 is 6.79. The molecule has 2 nitrogen and oxygen atoms in total. The molecule has 2 aromatic heterocycles. The number of thiophene rings is 1. The summed E-state index contributed by atoms with van der Waals surface area (Å²) in [6, 6.07) is 10.1. The first kappa shape index (κ1) is 11.3. The molecule has 0 aliphatic carbocycles. The third-order valence-electron chi connectivity index (χ3n) is 2.48. The lowest BCUT2D eigenvalue weighted by molar-refractivity contribution is 0.882. The zero-order valence-corrected chi connectivity index (χ0v) is 12.0. The molecule has 0 aliphatic heterocycles. The van der Waals surface area contributed by atoms with Crippen LogP contribution in [-0.2, 0) is 0 Å². The normalized spacial score (nSPS) is 13.1. The largest absolute Gasteiger partial charge is 0.318 e. The second-order valence-corrected chi connectivity index (χ2v) is 6.61. The van der Waals surface area contributed by atoms with Crippen molar-refractivity contribution in [1.82, 2.24) is 4.98 Å². The fraction of sp³-hybridized carbons (Fsp3) is 0.0833. The maximum absolute atomic E-state index is 6.21. The van der Waals surface area contributed by atoms with Crippen molar-refractivity contribution < 1.29 is 0 Å². The molecule has 3 rings (SSSR count). The van der Waals surface area contributed by atoms with E-state index in [1.54, 1.807) is 22.7 Å². The molecule has 1 unspecified atom stereocenters. The lowest BCUT2D eigenvalue weighted by atomic mass is 10.3. The van der Waals surface area contributed by atoms with E-state index >= 15 is 0 Å². The van der Waals surface area contributed by atoms with Gasteiger partial charge in [-0.25, -0.2) is 4.98 Å². The Kier molecular flexibility index (Phi) is 3.00. The Morgan fingerprint density at radius 1 is 1.29 bits per heavy atom. The molecule has 2 N–H and O–H groups in total. The summed E-state index contributed by atoms with van der Waals surface area (Å²) in [5.74, 6) is 0. The molecule has 1 aromatic carbocycles. The molecule has 5 heteroatoms. The van der Waals surface area contributed by atoms with Crippen LogP contribution in [0, 0.1) is 0 Å². The number of nitrogens with zero attached hydrogens (tertiary/aromatic N) is 1. The molecular weight excluding hydrogens is 316 g/mol. The minimum absolute atomic E-state index is 0.105. The standard InChI is InChI=1S/C12H9BrN2S2/c13-7-3-4-9-8(6-7)15-12(17-9)11(14)10-2-1-5-16-10/h1-6,11H,14H2. The number of benzene rings is 1. The zero-order chi connectivity index (χ0) is 11.8. The number of rotatable bonds is 2. The predicted octanol–water partition coefficient (Wildman–Crippen LogP) is 4.17. The fourth-order valence-corrected chi connectivity index (χ4v) is 3.76. The van der Waals surface area contributed by atoms with Gasteiger partial charge in [-0.1, -0.05) is 22.0 Å². The average molecular weight is 325 g/mol. The van der Waals surface area contributed by atoms with Crippen LogP contribution in [0.4, 0.5) is 0 Å². The number of hydrogen-bond acceptors (Lipinski definition) is 4. The second-order valence-electron chi connectivity index (χ2n) is 3.66. The minimum Gasteiger partial charge on any atom is -0.318 e. The maximum atomic E-state index is 6.21.